The number of rotatable bonds is 7. The van der Waals surface area contributed by atoms with Gasteiger partial charge < -0.3 is 14.8 Å². The highest BCUT2D eigenvalue weighted by Gasteiger charge is 2.17. The molecule has 0 spiro atoms. The molecule has 0 saturated heterocycles. The topological polar surface area (TPSA) is 77.5 Å². The Balaban J connectivity index is 1.71. The number of amides is 1. The van der Waals surface area contributed by atoms with Crippen LogP contribution in [0.1, 0.15) is 45.2 Å². The van der Waals surface area contributed by atoms with Crippen molar-refractivity contribution in [3.63, 3.8) is 0 Å². The first-order valence-electron chi connectivity index (χ1n) is 11.5. The standard InChI is InChI=1S/C29H28N2O4/c1-5-13-35-29(33)20-9-11-22(12-10-20)30-28(32)25-17-26(21-7-6-8-23(16-21)34-4)31-27-19(3)14-18(2)15-24(25)27/h6-12,14-17H,5,13H2,1-4H3,(H,30,32). The summed E-state index contributed by atoms with van der Waals surface area (Å²) in [7, 11) is 1.62. The third-order valence-corrected chi connectivity index (χ3v) is 5.67. The lowest BCUT2D eigenvalue weighted by molar-refractivity contribution is 0.0505. The molecule has 0 aliphatic carbocycles. The van der Waals surface area contributed by atoms with Crippen LogP contribution in [0.4, 0.5) is 5.69 Å². The first-order valence-corrected chi connectivity index (χ1v) is 11.5. The largest absolute Gasteiger partial charge is 0.497 e. The zero-order chi connectivity index (χ0) is 24.9. The van der Waals surface area contributed by atoms with Crippen molar-refractivity contribution < 1.29 is 19.1 Å². The van der Waals surface area contributed by atoms with Gasteiger partial charge in [-0.15, -0.1) is 0 Å². The molecule has 6 heteroatoms. The average molecular weight is 469 g/mol. The van der Waals surface area contributed by atoms with Gasteiger partial charge in [-0.1, -0.05) is 30.7 Å². The van der Waals surface area contributed by atoms with Crippen LogP contribution in [0.2, 0.25) is 0 Å². The first kappa shape index (κ1) is 24.0. The van der Waals surface area contributed by atoms with Crippen molar-refractivity contribution in [3.8, 4) is 17.0 Å². The fourth-order valence-corrected chi connectivity index (χ4v) is 3.97. The van der Waals surface area contributed by atoms with Crippen LogP contribution < -0.4 is 10.1 Å². The highest BCUT2D eigenvalue weighted by atomic mass is 16.5. The van der Waals surface area contributed by atoms with Gasteiger partial charge in [0.1, 0.15) is 5.75 Å². The lowest BCUT2D eigenvalue weighted by Crippen LogP contribution is -2.14. The van der Waals surface area contributed by atoms with Gasteiger partial charge in [-0.05, 0) is 74.4 Å². The molecule has 1 N–H and O–H groups in total. The van der Waals surface area contributed by atoms with Gasteiger partial charge in [0.05, 0.1) is 36.1 Å². The number of benzene rings is 3. The molecular weight excluding hydrogens is 440 g/mol. The van der Waals surface area contributed by atoms with Crippen LogP contribution in [0, 0.1) is 13.8 Å². The number of carbonyl (C=O) groups excluding carboxylic acids is 2. The number of hydrogen-bond donors (Lipinski definition) is 1. The Kier molecular flexibility index (Phi) is 7.11. The van der Waals surface area contributed by atoms with Gasteiger partial charge in [0.15, 0.2) is 0 Å². The molecule has 6 nitrogen and oxygen atoms in total. The maximum absolute atomic E-state index is 13.5. The minimum absolute atomic E-state index is 0.257. The van der Waals surface area contributed by atoms with Crippen molar-refractivity contribution in [2.45, 2.75) is 27.2 Å². The number of methoxy groups -OCH3 is 1. The number of anilines is 1. The van der Waals surface area contributed by atoms with Crippen LogP contribution >= 0.6 is 0 Å². The van der Waals surface area contributed by atoms with Gasteiger partial charge >= 0.3 is 5.97 Å². The lowest BCUT2D eigenvalue weighted by atomic mass is 9.99. The van der Waals surface area contributed by atoms with Gasteiger partial charge in [-0.2, -0.15) is 0 Å². The quantitative estimate of drug-likeness (QED) is 0.320. The molecular formula is C29H28N2O4. The highest BCUT2D eigenvalue weighted by molar-refractivity contribution is 6.13. The molecule has 3 aromatic carbocycles. The molecule has 0 atom stereocenters. The second kappa shape index (κ2) is 10.4. The number of aromatic nitrogens is 1. The van der Waals surface area contributed by atoms with E-state index in [2.05, 4.69) is 11.4 Å². The van der Waals surface area contributed by atoms with E-state index >= 15 is 0 Å². The smallest absolute Gasteiger partial charge is 0.338 e. The van der Waals surface area contributed by atoms with Gasteiger partial charge in [0, 0.05) is 16.6 Å². The Labute approximate surface area is 204 Å². The van der Waals surface area contributed by atoms with Crippen LogP contribution in [-0.4, -0.2) is 30.6 Å². The predicted octanol–water partition coefficient (Wildman–Crippen LogP) is 6.35. The van der Waals surface area contributed by atoms with E-state index in [1.54, 1.807) is 31.4 Å². The van der Waals surface area contributed by atoms with Crippen LogP contribution in [0.3, 0.4) is 0 Å². The van der Waals surface area contributed by atoms with Gasteiger partial charge in [0.2, 0.25) is 0 Å². The summed E-state index contributed by atoms with van der Waals surface area (Å²) in [6.45, 7) is 6.31. The molecule has 0 saturated carbocycles. The summed E-state index contributed by atoms with van der Waals surface area (Å²) < 4.78 is 10.5. The van der Waals surface area contributed by atoms with Crippen LogP contribution in [0.15, 0.2) is 66.7 Å². The van der Waals surface area contributed by atoms with E-state index in [-0.39, 0.29) is 11.9 Å². The molecule has 1 amide bonds. The van der Waals surface area contributed by atoms with Gasteiger partial charge in [0.25, 0.3) is 5.91 Å². The molecule has 0 aliphatic heterocycles. The van der Waals surface area contributed by atoms with Gasteiger partial charge in [-0.3, -0.25) is 4.79 Å². The minimum atomic E-state index is -0.376. The Bertz CT molecular complexity index is 1390. The monoisotopic (exact) mass is 468 g/mol. The van der Waals surface area contributed by atoms with Crippen LogP contribution in [0.5, 0.6) is 5.75 Å². The van der Waals surface area contributed by atoms with Crippen LogP contribution in [-0.2, 0) is 4.74 Å². The summed E-state index contributed by atoms with van der Waals surface area (Å²) >= 11 is 0. The lowest BCUT2D eigenvalue weighted by Gasteiger charge is -2.13. The molecule has 4 aromatic rings. The number of nitrogens with zero attached hydrogens (tertiary/aromatic N) is 1. The third-order valence-electron chi connectivity index (χ3n) is 5.67. The van der Waals surface area contributed by atoms with E-state index in [9.17, 15) is 9.59 Å². The molecule has 0 radical (unpaired) electrons. The maximum Gasteiger partial charge on any atom is 0.338 e. The number of carbonyl (C=O) groups is 2. The molecule has 0 bridgehead atoms. The van der Waals surface area contributed by atoms with E-state index in [1.165, 1.54) is 0 Å². The second-order valence-electron chi connectivity index (χ2n) is 8.43. The molecule has 1 heterocycles. The second-order valence-corrected chi connectivity index (χ2v) is 8.43. The van der Waals surface area contributed by atoms with E-state index < -0.39 is 0 Å². The average Bonchev–Trinajstić information content (AvgIpc) is 2.87. The zero-order valence-electron chi connectivity index (χ0n) is 20.3. The number of nitrogens with one attached hydrogen (secondary N) is 1. The fourth-order valence-electron chi connectivity index (χ4n) is 3.97. The molecule has 178 valence electrons. The van der Waals surface area contributed by atoms with Crippen molar-refractivity contribution in [1.82, 2.24) is 4.98 Å². The maximum atomic E-state index is 13.5. The normalized spacial score (nSPS) is 10.7. The van der Waals surface area contributed by atoms with Crippen LogP contribution in [0.25, 0.3) is 22.2 Å². The number of ether oxygens (including phenoxy) is 2. The van der Waals surface area contributed by atoms with Crippen molar-refractivity contribution in [2.24, 2.45) is 0 Å². The molecule has 0 unspecified atom stereocenters. The molecule has 4 rings (SSSR count). The zero-order valence-corrected chi connectivity index (χ0v) is 20.3. The Morgan fingerprint density at radius 3 is 2.46 bits per heavy atom. The van der Waals surface area contributed by atoms with E-state index in [0.29, 0.717) is 34.9 Å². The Morgan fingerprint density at radius 2 is 1.74 bits per heavy atom. The number of esters is 1. The van der Waals surface area contributed by atoms with Crippen molar-refractivity contribution >= 4 is 28.5 Å². The molecule has 35 heavy (non-hydrogen) atoms. The minimum Gasteiger partial charge on any atom is -0.497 e. The summed E-state index contributed by atoms with van der Waals surface area (Å²) in [4.78, 5) is 30.4. The predicted molar refractivity (Wildman–Crippen MR) is 138 cm³/mol. The SMILES string of the molecule is CCCOC(=O)c1ccc(NC(=O)c2cc(-c3cccc(OC)c3)nc3c(C)cc(C)cc23)cc1. The van der Waals surface area contributed by atoms with Crippen molar-refractivity contribution in [3.05, 3.63) is 89.0 Å². The number of hydrogen-bond acceptors (Lipinski definition) is 5. The fraction of sp³-hybridized carbons (Fsp3) is 0.207. The Morgan fingerprint density at radius 1 is 0.971 bits per heavy atom. The molecule has 0 fully saturated rings. The number of fused-ring (bicyclic) bond motifs is 1. The summed E-state index contributed by atoms with van der Waals surface area (Å²) in [6, 6.07) is 20.1. The van der Waals surface area contributed by atoms with E-state index in [4.69, 9.17) is 14.5 Å². The number of aryl methyl sites for hydroxylation is 2. The number of pyridine rings is 1. The van der Waals surface area contributed by atoms with E-state index in [1.807, 2.05) is 57.2 Å². The highest BCUT2D eigenvalue weighted by Crippen LogP contribution is 2.30. The molecule has 1 aromatic heterocycles. The van der Waals surface area contributed by atoms with E-state index in [0.717, 1.165) is 34.0 Å². The summed E-state index contributed by atoms with van der Waals surface area (Å²) in [5.74, 6) is 0.0835. The van der Waals surface area contributed by atoms with Crippen molar-refractivity contribution in [2.75, 3.05) is 19.0 Å². The van der Waals surface area contributed by atoms with Crippen molar-refractivity contribution in [1.29, 1.82) is 0 Å². The Hall–Kier alpha value is -4.19. The summed E-state index contributed by atoms with van der Waals surface area (Å²) in [5.41, 5.74) is 5.90. The molecule has 0 aliphatic rings. The van der Waals surface area contributed by atoms with Gasteiger partial charge in [-0.25, -0.2) is 9.78 Å². The summed E-state index contributed by atoms with van der Waals surface area (Å²) in [6.07, 6.45) is 0.760. The summed E-state index contributed by atoms with van der Waals surface area (Å²) in [5, 5.41) is 3.74. The first-order chi connectivity index (χ1) is 16.9. The third kappa shape index (κ3) is 5.32.